The summed E-state index contributed by atoms with van der Waals surface area (Å²) in [6, 6.07) is 9.09. The van der Waals surface area contributed by atoms with Crippen molar-refractivity contribution in [2.75, 3.05) is 20.3 Å². The van der Waals surface area contributed by atoms with E-state index >= 15 is 0 Å². The fourth-order valence-electron chi connectivity index (χ4n) is 1.58. The second-order valence-corrected chi connectivity index (χ2v) is 4.35. The lowest BCUT2D eigenvalue weighted by atomic mass is 10.1. The van der Waals surface area contributed by atoms with Gasteiger partial charge in [0.05, 0.1) is 24.7 Å². The Bertz CT molecular complexity index is 420. The molecule has 0 aliphatic heterocycles. The minimum atomic E-state index is -0.0114. The van der Waals surface area contributed by atoms with E-state index in [1.165, 1.54) is 0 Å². The number of nitrogens with zero attached hydrogens (tertiary/aromatic N) is 1. The molecule has 1 rings (SSSR count). The van der Waals surface area contributed by atoms with Gasteiger partial charge in [0.2, 0.25) is 5.91 Å². The molecule has 1 amide bonds. The van der Waals surface area contributed by atoms with E-state index in [0.29, 0.717) is 31.1 Å². The molecule has 96 valence electrons. The molecule has 0 aliphatic carbocycles. The number of methoxy groups -OCH3 is 1. The maximum absolute atomic E-state index is 11.7. The molecule has 4 heteroatoms. The summed E-state index contributed by atoms with van der Waals surface area (Å²) in [6.45, 7) is 3.27. The third-order valence-electron chi connectivity index (χ3n) is 2.55. The standard InChI is InChI=1S/C14H18N2O2/c1-11(10-18-2)9-16-14(17)7-12-3-5-13(8-15)6-4-12/h3-6,11H,7,9-10H2,1-2H3,(H,16,17). The first-order valence-corrected chi connectivity index (χ1v) is 5.90. The molecular formula is C14H18N2O2. The van der Waals surface area contributed by atoms with E-state index in [2.05, 4.69) is 5.32 Å². The van der Waals surface area contributed by atoms with Crippen LogP contribution in [-0.2, 0) is 16.0 Å². The van der Waals surface area contributed by atoms with E-state index in [-0.39, 0.29) is 5.91 Å². The molecule has 4 nitrogen and oxygen atoms in total. The predicted molar refractivity (Wildman–Crippen MR) is 68.9 cm³/mol. The molecule has 0 radical (unpaired) electrons. The van der Waals surface area contributed by atoms with Crippen LogP contribution in [0, 0.1) is 17.2 Å². The Morgan fingerprint density at radius 1 is 1.44 bits per heavy atom. The molecule has 1 aromatic rings. The number of carbonyl (C=O) groups is 1. The highest BCUT2D eigenvalue weighted by Crippen LogP contribution is 2.04. The molecule has 0 saturated carbocycles. The van der Waals surface area contributed by atoms with Gasteiger partial charge in [0, 0.05) is 13.7 Å². The van der Waals surface area contributed by atoms with Gasteiger partial charge in [0.1, 0.15) is 0 Å². The molecule has 0 bridgehead atoms. The van der Waals surface area contributed by atoms with Gasteiger partial charge in [-0.05, 0) is 23.6 Å². The Labute approximate surface area is 108 Å². The Morgan fingerprint density at radius 2 is 2.11 bits per heavy atom. The summed E-state index contributed by atoms with van der Waals surface area (Å²) in [5.41, 5.74) is 1.51. The quantitative estimate of drug-likeness (QED) is 0.827. The zero-order valence-electron chi connectivity index (χ0n) is 10.8. The van der Waals surface area contributed by atoms with E-state index < -0.39 is 0 Å². The first-order valence-electron chi connectivity index (χ1n) is 5.90. The highest BCUT2D eigenvalue weighted by Gasteiger charge is 2.06. The van der Waals surface area contributed by atoms with E-state index in [9.17, 15) is 4.79 Å². The van der Waals surface area contributed by atoms with Crippen molar-refractivity contribution in [3.63, 3.8) is 0 Å². The Balaban J connectivity index is 2.37. The molecule has 18 heavy (non-hydrogen) atoms. The van der Waals surface area contributed by atoms with Crippen molar-refractivity contribution in [2.24, 2.45) is 5.92 Å². The van der Waals surface area contributed by atoms with E-state index in [0.717, 1.165) is 5.56 Å². The van der Waals surface area contributed by atoms with Gasteiger partial charge in [0.15, 0.2) is 0 Å². The maximum Gasteiger partial charge on any atom is 0.224 e. The van der Waals surface area contributed by atoms with E-state index in [1.807, 2.05) is 13.0 Å². The van der Waals surface area contributed by atoms with E-state index in [4.69, 9.17) is 10.00 Å². The first-order chi connectivity index (χ1) is 8.65. The number of hydrogen-bond donors (Lipinski definition) is 1. The van der Waals surface area contributed by atoms with Gasteiger partial charge < -0.3 is 10.1 Å². The topological polar surface area (TPSA) is 62.1 Å². The van der Waals surface area contributed by atoms with Crippen molar-refractivity contribution in [2.45, 2.75) is 13.3 Å². The molecule has 1 unspecified atom stereocenters. The molecule has 0 fully saturated rings. The fourth-order valence-corrected chi connectivity index (χ4v) is 1.58. The minimum absolute atomic E-state index is 0.0114. The normalized spacial score (nSPS) is 11.6. The number of hydrogen-bond acceptors (Lipinski definition) is 3. The van der Waals surface area contributed by atoms with Crippen LogP contribution in [0.25, 0.3) is 0 Å². The molecule has 1 atom stereocenters. The third-order valence-corrected chi connectivity index (χ3v) is 2.55. The zero-order chi connectivity index (χ0) is 13.4. The monoisotopic (exact) mass is 246 g/mol. The molecular weight excluding hydrogens is 228 g/mol. The van der Waals surface area contributed by atoms with Gasteiger partial charge in [-0.25, -0.2) is 0 Å². The highest BCUT2D eigenvalue weighted by molar-refractivity contribution is 5.78. The van der Waals surface area contributed by atoms with Gasteiger partial charge >= 0.3 is 0 Å². The van der Waals surface area contributed by atoms with Crippen molar-refractivity contribution in [3.8, 4) is 6.07 Å². The molecule has 0 saturated heterocycles. The van der Waals surface area contributed by atoms with Crippen LogP contribution in [0.2, 0.25) is 0 Å². The van der Waals surface area contributed by atoms with Crippen molar-refractivity contribution >= 4 is 5.91 Å². The molecule has 1 aromatic carbocycles. The molecule has 0 heterocycles. The second-order valence-electron chi connectivity index (χ2n) is 4.35. The van der Waals surface area contributed by atoms with Crippen LogP contribution in [-0.4, -0.2) is 26.2 Å². The van der Waals surface area contributed by atoms with Gasteiger partial charge in [0.25, 0.3) is 0 Å². The lowest BCUT2D eigenvalue weighted by Crippen LogP contribution is -2.31. The summed E-state index contributed by atoms with van der Waals surface area (Å²) in [7, 11) is 1.65. The highest BCUT2D eigenvalue weighted by atomic mass is 16.5. The lowest BCUT2D eigenvalue weighted by Gasteiger charge is -2.11. The van der Waals surface area contributed by atoms with Crippen molar-refractivity contribution in [1.82, 2.24) is 5.32 Å². The number of rotatable bonds is 6. The summed E-state index contributed by atoms with van der Waals surface area (Å²) >= 11 is 0. The SMILES string of the molecule is COCC(C)CNC(=O)Cc1ccc(C#N)cc1. The summed E-state index contributed by atoms with van der Waals surface area (Å²) in [5, 5.41) is 11.5. The summed E-state index contributed by atoms with van der Waals surface area (Å²) in [5.74, 6) is 0.294. The smallest absolute Gasteiger partial charge is 0.224 e. The van der Waals surface area contributed by atoms with Crippen LogP contribution in [0.15, 0.2) is 24.3 Å². The maximum atomic E-state index is 11.7. The second kappa shape index (κ2) is 7.46. The fraction of sp³-hybridized carbons (Fsp3) is 0.429. The van der Waals surface area contributed by atoms with Crippen LogP contribution in [0.4, 0.5) is 0 Å². The minimum Gasteiger partial charge on any atom is -0.384 e. The summed E-state index contributed by atoms with van der Waals surface area (Å²) in [4.78, 5) is 11.7. The van der Waals surface area contributed by atoms with Gasteiger partial charge in [-0.2, -0.15) is 5.26 Å². The number of carbonyl (C=O) groups excluding carboxylic acids is 1. The largest absolute Gasteiger partial charge is 0.384 e. The van der Waals surface area contributed by atoms with Crippen LogP contribution in [0.3, 0.4) is 0 Å². The number of nitriles is 1. The Morgan fingerprint density at radius 3 is 2.67 bits per heavy atom. The van der Waals surface area contributed by atoms with Crippen LogP contribution < -0.4 is 5.32 Å². The van der Waals surface area contributed by atoms with Gasteiger partial charge in [-0.1, -0.05) is 19.1 Å². The Hall–Kier alpha value is -1.86. The average Bonchev–Trinajstić information content (AvgIpc) is 2.38. The summed E-state index contributed by atoms with van der Waals surface area (Å²) < 4.78 is 5.00. The first kappa shape index (κ1) is 14.2. The van der Waals surface area contributed by atoms with Gasteiger partial charge in [-0.3, -0.25) is 4.79 Å². The Kier molecular flexibility index (Phi) is 5.89. The summed E-state index contributed by atoms with van der Waals surface area (Å²) in [6.07, 6.45) is 0.339. The van der Waals surface area contributed by atoms with Gasteiger partial charge in [-0.15, -0.1) is 0 Å². The number of benzene rings is 1. The van der Waals surface area contributed by atoms with Crippen LogP contribution in [0.5, 0.6) is 0 Å². The van der Waals surface area contributed by atoms with Crippen molar-refractivity contribution < 1.29 is 9.53 Å². The molecule has 1 N–H and O–H groups in total. The third kappa shape index (κ3) is 4.98. The van der Waals surface area contributed by atoms with Crippen molar-refractivity contribution in [1.29, 1.82) is 5.26 Å². The molecule has 0 aliphatic rings. The van der Waals surface area contributed by atoms with Crippen molar-refractivity contribution in [3.05, 3.63) is 35.4 Å². The van der Waals surface area contributed by atoms with Crippen LogP contribution >= 0.6 is 0 Å². The lowest BCUT2D eigenvalue weighted by molar-refractivity contribution is -0.120. The van der Waals surface area contributed by atoms with Crippen LogP contribution in [0.1, 0.15) is 18.1 Å². The number of ether oxygens (including phenoxy) is 1. The number of nitrogens with one attached hydrogen (secondary N) is 1. The number of amides is 1. The average molecular weight is 246 g/mol. The predicted octanol–water partition coefficient (Wildman–Crippen LogP) is 1.50. The van der Waals surface area contributed by atoms with E-state index in [1.54, 1.807) is 31.4 Å². The molecule has 0 aromatic heterocycles. The zero-order valence-corrected chi connectivity index (χ0v) is 10.8. The molecule has 0 spiro atoms.